The van der Waals surface area contributed by atoms with Crippen molar-refractivity contribution in [1.82, 2.24) is 10.2 Å². The van der Waals surface area contributed by atoms with Crippen LogP contribution in [0, 0.1) is 0 Å². The highest BCUT2D eigenvalue weighted by atomic mass is 16.1. The molecule has 2 heterocycles. The van der Waals surface area contributed by atoms with Crippen LogP contribution in [0.5, 0.6) is 0 Å². The van der Waals surface area contributed by atoms with Crippen molar-refractivity contribution < 1.29 is 9.37 Å². The number of fused-ring (bicyclic) bond motifs is 2. The van der Waals surface area contributed by atoms with E-state index in [1.54, 1.807) is 0 Å². The van der Waals surface area contributed by atoms with E-state index in [1.807, 2.05) is 0 Å². The van der Waals surface area contributed by atoms with Gasteiger partial charge in [0.25, 0.3) is 0 Å². The summed E-state index contributed by atoms with van der Waals surface area (Å²) in [5.41, 5.74) is 7.53. The topological polar surface area (TPSA) is 38.6 Å². The minimum absolute atomic E-state index is 0.0554. The van der Waals surface area contributed by atoms with Gasteiger partial charge in [-0.2, -0.15) is 4.58 Å². The summed E-state index contributed by atoms with van der Waals surface area (Å²) in [5.74, 6) is 0.112. The highest BCUT2D eigenvalue weighted by molar-refractivity contribution is 6.03. The number of carbonyl (C=O) groups excluding carboxylic acids is 1. The van der Waals surface area contributed by atoms with Gasteiger partial charge in [-0.05, 0) is 65.5 Å². The van der Waals surface area contributed by atoms with Crippen molar-refractivity contribution in [1.29, 1.82) is 0 Å². The van der Waals surface area contributed by atoms with E-state index in [9.17, 15) is 4.79 Å². The van der Waals surface area contributed by atoms with Gasteiger partial charge < -0.3 is 15.1 Å². The molecule has 1 amide bonds. The van der Waals surface area contributed by atoms with Crippen LogP contribution in [0.1, 0.15) is 58.6 Å². The minimum Gasteiger partial charge on any atom is -0.356 e. The van der Waals surface area contributed by atoms with Crippen molar-refractivity contribution in [3.63, 3.8) is 0 Å². The summed E-state index contributed by atoms with van der Waals surface area (Å²) in [7, 11) is 4.11. The number of hydrogen-bond acceptors (Lipinski definition) is 3. The Morgan fingerprint density at radius 1 is 1.00 bits per heavy atom. The number of amides is 1. The summed E-state index contributed by atoms with van der Waals surface area (Å²) in [5, 5.41) is 3.10. The lowest BCUT2D eigenvalue weighted by atomic mass is 9.81. The Kier molecular flexibility index (Phi) is 8.27. The number of rotatable bonds is 10. The number of benzene rings is 2. The highest BCUT2D eigenvalue weighted by Crippen LogP contribution is 2.47. The first-order valence-electron chi connectivity index (χ1n) is 14.0. The Bertz CT molecular complexity index is 1270. The average molecular weight is 514 g/mol. The first-order chi connectivity index (χ1) is 18.1. The third kappa shape index (κ3) is 5.35. The van der Waals surface area contributed by atoms with E-state index in [0.717, 1.165) is 26.1 Å². The lowest BCUT2D eigenvalue weighted by Gasteiger charge is -2.25. The van der Waals surface area contributed by atoms with Gasteiger partial charge in [0.2, 0.25) is 11.6 Å². The van der Waals surface area contributed by atoms with Crippen LogP contribution < -0.4 is 10.2 Å². The Hall–Kier alpha value is -3.18. The molecule has 0 saturated heterocycles. The van der Waals surface area contributed by atoms with E-state index in [-0.39, 0.29) is 16.7 Å². The van der Waals surface area contributed by atoms with E-state index in [4.69, 9.17) is 0 Å². The molecule has 38 heavy (non-hydrogen) atoms. The first kappa shape index (κ1) is 27.8. The largest absolute Gasteiger partial charge is 0.356 e. The van der Waals surface area contributed by atoms with Crippen LogP contribution in [0.15, 0.2) is 72.5 Å². The molecule has 2 aliphatic heterocycles. The fourth-order valence-electron chi connectivity index (χ4n) is 6.02. The fraction of sp³-hybridized carbons (Fsp3) is 0.455. The number of nitrogens with one attached hydrogen (secondary N) is 1. The van der Waals surface area contributed by atoms with Crippen molar-refractivity contribution in [3.8, 4) is 0 Å². The SMILES string of the molecule is CCN1C(=CC=CC2=[N+](CCC(=O)NCCCN(C)C)c3ccccc3C2(C)C)C(C)(C)c2ccccc21. The van der Waals surface area contributed by atoms with E-state index >= 15 is 0 Å². The molecule has 5 nitrogen and oxygen atoms in total. The van der Waals surface area contributed by atoms with E-state index < -0.39 is 0 Å². The maximum Gasteiger partial charge on any atom is 0.226 e. The minimum atomic E-state index is -0.146. The third-order valence-electron chi connectivity index (χ3n) is 8.09. The van der Waals surface area contributed by atoms with Crippen molar-refractivity contribution in [2.24, 2.45) is 0 Å². The number of nitrogens with zero attached hydrogens (tertiary/aromatic N) is 3. The number of carbonyl (C=O) groups is 1. The Morgan fingerprint density at radius 2 is 1.68 bits per heavy atom. The van der Waals surface area contributed by atoms with Gasteiger partial charge in [-0.25, -0.2) is 0 Å². The van der Waals surface area contributed by atoms with Gasteiger partial charge in [-0.1, -0.05) is 56.3 Å². The molecule has 2 aliphatic rings. The fourth-order valence-corrected chi connectivity index (χ4v) is 6.02. The van der Waals surface area contributed by atoms with Crippen LogP contribution in [0.25, 0.3) is 0 Å². The van der Waals surface area contributed by atoms with Gasteiger partial charge in [0.05, 0.1) is 11.8 Å². The molecular formula is C33H45N4O+. The number of anilines is 1. The van der Waals surface area contributed by atoms with Crippen molar-refractivity contribution in [2.45, 2.75) is 58.3 Å². The normalized spacial score (nSPS) is 18.5. The highest BCUT2D eigenvalue weighted by Gasteiger charge is 2.44. The summed E-state index contributed by atoms with van der Waals surface area (Å²) in [6.07, 6.45) is 8.18. The monoisotopic (exact) mass is 513 g/mol. The molecule has 5 heteroatoms. The molecule has 202 valence electrons. The van der Waals surface area contributed by atoms with Crippen LogP contribution in [0.2, 0.25) is 0 Å². The van der Waals surface area contributed by atoms with Gasteiger partial charge >= 0.3 is 0 Å². The molecular weight excluding hydrogens is 468 g/mol. The van der Waals surface area contributed by atoms with Crippen LogP contribution in [-0.2, 0) is 15.6 Å². The smallest absolute Gasteiger partial charge is 0.226 e. The zero-order chi connectivity index (χ0) is 27.5. The van der Waals surface area contributed by atoms with Crippen LogP contribution in [-0.4, -0.2) is 61.4 Å². The van der Waals surface area contributed by atoms with E-state index in [1.165, 1.54) is 33.9 Å². The number of hydrogen-bond donors (Lipinski definition) is 1. The van der Waals surface area contributed by atoms with E-state index in [2.05, 4.69) is 135 Å². The lowest BCUT2D eigenvalue weighted by molar-refractivity contribution is -0.436. The van der Waals surface area contributed by atoms with Gasteiger partial charge in [0.15, 0.2) is 12.3 Å². The second kappa shape index (κ2) is 11.3. The standard InChI is InChI=1S/C33H44N4O/c1-8-36-27-17-11-9-15-25(27)32(2,3)29(36)19-13-20-30-33(4,5)26-16-10-12-18-28(26)37(30)24-21-31(38)34-22-14-23-35(6)7/h9-13,15-20H,8,14,21-24H2,1-7H3/p+1. The number of para-hydroxylation sites is 2. The maximum absolute atomic E-state index is 12.7. The molecule has 0 unspecified atom stereocenters. The second-order valence-electron chi connectivity index (χ2n) is 11.7. The first-order valence-corrected chi connectivity index (χ1v) is 14.0. The number of likely N-dealkylation sites (N-methyl/N-ethyl adjacent to an activating group) is 1. The lowest BCUT2D eigenvalue weighted by Crippen LogP contribution is -2.31. The van der Waals surface area contributed by atoms with Gasteiger partial charge in [0, 0.05) is 47.6 Å². The molecule has 0 atom stereocenters. The number of allylic oxidation sites excluding steroid dienone is 4. The van der Waals surface area contributed by atoms with Crippen LogP contribution in [0.3, 0.4) is 0 Å². The van der Waals surface area contributed by atoms with Crippen molar-refractivity contribution in [3.05, 3.63) is 83.6 Å². The maximum atomic E-state index is 12.7. The second-order valence-corrected chi connectivity index (χ2v) is 11.7. The average Bonchev–Trinajstić information content (AvgIpc) is 3.24. The quantitative estimate of drug-likeness (QED) is 0.323. The van der Waals surface area contributed by atoms with Crippen LogP contribution in [0.4, 0.5) is 11.4 Å². The van der Waals surface area contributed by atoms with Crippen molar-refractivity contribution in [2.75, 3.05) is 45.2 Å². The third-order valence-corrected chi connectivity index (χ3v) is 8.09. The molecule has 0 saturated carbocycles. The molecule has 0 radical (unpaired) electrons. The molecule has 0 aromatic heterocycles. The van der Waals surface area contributed by atoms with Gasteiger partial charge in [0.1, 0.15) is 0 Å². The van der Waals surface area contributed by atoms with Gasteiger partial charge in [-0.15, -0.1) is 0 Å². The van der Waals surface area contributed by atoms with Crippen molar-refractivity contribution >= 4 is 23.0 Å². The summed E-state index contributed by atoms with van der Waals surface area (Å²) in [4.78, 5) is 17.2. The predicted molar refractivity (Wildman–Crippen MR) is 160 cm³/mol. The Morgan fingerprint density at radius 3 is 2.39 bits per heavy atom. The Labute approximate surface area is 229 Å². The molecule has 2 aromatic carbocycles. The molecule has 0 bridgehead atoms. The summed E-state index contributed by atoms with van der Waals surface area (Å²) in [6.45, 7) is 14.7. The summed E-state index contributed by atoms with van der Waals surface area (Å²) >= 11 is 0. The van der Waals surface area contributed by atoms with Crippen LogP contribution >= 0.6 is 0 Å². The van der Waals surface area contributed by atoms with E-state index in [0.29, 0.717) is 13.0 Å². The van der Waals surface area contributed by atoms with Gasteiger partial charge in [-0.3, -0.25) is 4.79 Å². The zero-order valence-electron chi connectivity index (χ0n) is 24.3. The Balaban J connectivity index is 1.60. The summed E-state index contributed by atoms with van der Waals surface area (Å²) in [6, 6.07) is 17.3. The molecule has 1 N–H and O–H groups in total. The predicted octanol–water partition coefficient (Wildman–Crippen LogP) is 5.78. The molecule has 2 aromatic rings. The summed E-state index contributed by atoms with van der Waals surface area (Å²) < 4.78 is 2.34. The molecule has 4 rings (SSSR count). The molecule has 0 fully saturated rings. The zero-order valence-corrected chi connectivity index (χ0v) is 24.3. The molecule has 0 spiro atoms. The molecule has 0 aliphatic carbocycles.